The average Bonchev–Trinajstić information content (AvgIpc) is 2.64. The highest BCUT2D eigenvalue weighted by Crippen LogP contribution is 2.19. The van der Waals surface area contributed by atoms with Gasteiger partial charge in [0.25, 0.3) is 0 Å². The molecule has 1 aromatic carbocycles. The number of nitrogens with one attached hydrogen (secondary N) is 1. The molecule has 1 aliphatic heterocycles. The molecular weight excluding hydrogens is 324 g/mol. The van der Waals surface area contributed by atoms with Gasteiger partial charge in [-0.05, 0) is 49.4 Å². The van der Waals surface area contributed by atoms with Gasteiger partial charge in [0.15, 0.2) is 0 Å². The fourth-order valence-corrected chi connectivity index (χ4v) is 4.59. The van der Waals surface area contributed by atoms with Crippen LogP contribution in [0.3, 0.4) is 0 Å². The van der Waals surface area contributed by atoms with Gasteiger partial charge in [-0.25, -0.2) is 8.42 Å². The first-order chi connectivity index (χ1) is 11.7. The van der Waals surface area contributed by atoms with E-state index in [9.17, 15) is 8.42 Å². The second-order valence-corrected chi connectivity index (χ2v) is 8.38. The van der Waals surface area contributed by atoms with Crippen LogP contribution >= 0.6 is 0 Å². The summed E-state index contributed by atoms with van der Waals surface area (Å²) in [6.45, 7) is 3.59. The maximum atomic E-state index is 12.6. The van der Waals surface area contributed by atoms with E-state index in [2.05, 4.69) is 17.5 Å². The van der Waals surface area contributed by atoms with E-state index >= 15 is 0 Å². The summed E-state index contributed by atoms with van der Waals surface area (Å²) in [4.78, 5) is 0.366. The Kier molecular flexibility index (Phi) is 6.05. The van der Waals surface area contributed by atoms with Crippen molar-refractivity contribution in [1.29, 1.82) is 0 Å². The third kappa shape index (κ3) is 4.45. The van der Waals surface area contributed by atoms with Crippen LogP contribution in [0.2, 0.25) is 0 Å². The number of benzene rings is 1. The highest BCUT2D eigenvalue weighted by atomic mass is 32.2. The lowest BCUT2D eigenvalue weighted by Gasteiger charge is -2.26. The summed E-state index contributed by atoms with van der Waals surface area (Å²) in [5.41, 5.74) is 1.11. The molecule has 0 unspecified atom stereocenters. The molecule has 132 valence electrons. The number of rotatable bonds is 6. The third-order valence-electron chi connectivity index (χ3n) is 4.67. The topological polar surface area (TPSA) is 58.6 Å². The van der Waals surface area contributed by atoms with E-state index in [1.165, 1.54) is 17.1 Å². The molecule has 1 atom stereocenters. The van der Waals surface area contributed by atoms with Crippen molar-refractivity contribution in [3.05, 3.63) is 42.0 Å². The molecule has 5 nitrogen and oxygen atoms in total. The minimum Gasteiger partial charge on any atom is -0.379 e. The van der Waals surface area contributed by atoms with E-state index in [0.29, 0.717) is 31.2 Å². The first-order valence-corrected chi connectivity index (χ1v) is 10.1. The normalized spacial score (nSPS) is 22.6. The third-order valence-corrected chi connectivity index (χ3v) is 6.58. The zero-order valence-electron chi connectivity index (χ0n) is 14.0. The van der Waals surface area contributed by atoms with Gasteiger partial charge < -0.3 is 10.1 Å². The first kappa shape index (κ1) is 17.6. The second-order valence-electron chi connectivity index (χ2n) is 6.44. The number of morpholine rings is 1. The quantitative estimate of drug-likeness (QED) is 0.799. The van der Waals surface area contributed by atoms with Crippen molar-refractivity contribution < 1.29 is 13.2 Å². The molecule has 0 amide bonds. The van der Waals surface area contributed by atoms with Gasteiger partial charge in [0.1, 0.15) is 0 Å². The van der Waals surface area contributed by atoms with Crippen LogP contribution < -0.4 is 5.32 Å². The van der Waals surface area contributed by atoms with Gasteiger partial charge in [-0.3, -0.25) is 0 Å². The fourth-order valence-electron chi connectivity index (χ4n) is 3.18. The summed E-state index contributed by atoms with van der Waals surface area (Å²) in [5.74, 6) is 0.718. The average molecular weight is 350 g/mol. The number of hydrogen-bond acceptors (Lipinski definition) is 4. The molecule has 24 heavy (non-hydrogen) atoms. The summed E-state index contributed by atoms with van der Waals surface area (Å²) < 4.78 is 31.9. The standard InChI is InChI=1S/C18H26N2O3S/c21-24(22,20-10-12-23-13-11-20)18-8-6-17(7-9-18)15-19-14-16-4-2-1-3-5-16/h1-2,6-9,16,19H,3-5,10-15H2/t16-/m1/s1. The summed E-state index contributed by atoms with van der Waals surface area (Å²) in [6.07, 6.45) is 8.11. The van der Waals surface area contributed by atoms with Gasteiger partial charge >= 0.3 is 0 Å². The van der Waals surface area contributed by atoms with E-state index in [0.717, 1.165) is 31.0 Å². The van der Waals surface area contributed by atoms with Gasteiger partial charge in [-0.15, -0.1) is 0 Å². The van der Waals surface area contributed by atoms with Crippen LogP contribution in [0.25, 0.3) is 0 Å². The number of hydrogen-bond donors (Lipinski definition) is 1. The SMILES string of the molecule is O=S(=O)(c1ccc(CNC[C@@H]2CC=CCC2)cc1)N1CCOCC1. The van der Waals surface area contributed by atoms with Crippen molar-refractivity contribution >= 4 is 10.0 Å². The van der Waals surface area contributed by atoms with Crippen molar-refractivity contribution in [2.45, 2.75) is 30.7 Å². The number of ether oxygens (including phenoxy) is 1. The van der Waals surface area contributed by atoms with Crippen LogP contribution in [0.4, 0.5) is 0 Å². The summed E-state index contributed by atoms with van der Waals surface area (Å²) in [6, 6.07) is 7.23. The van der Waals surface area contributed by atoms with Crippen LogP contribution in [0.5, 0.6) is 0 Å². The van der Waals surface area contributed by atoms with Crippen LogP contribution in [0.15, 0.2) is 41.3 Å². The first-order valence-electron chi connectivity index (χ1n) is 8.69. The fraction of sp³-hybridized carbons (Fsp3) is 0.556. The van der Waals surface area contributed by atoms with E-state index in [1.807, 2.05) is 12.1 Å². The van der Waals surface area contributed by atoms with Crippen LogP contribution in [-0.4, -0.2) is 45.6 Å². The minimum atomic E-state index is -3.39. The second kappa shape index (κ2) is 8.25. The van der Waals surface area contributed by atoms with Crippen molar-refractivity contribution in [3.8, 4) is 0 Å². The van der Waals surface area contributed by atoms with Crippen LogP contribution in [0.1, 0.15) is 24.8 Å². The Bertz CT molecular complexity index is 649. The Morgan fingerprint density at radius 3 is 2.54 bits per heavy atom. The van der Waals surface area contributed by atoms with Crippen molar-refractivity contribution in [2.75, 3.05) is 32.8 Å². The van der Waals surface area contributed by atoms with Crippen molar-refractivity contribution in [2.24, 2.45) is 5.92 Å². The molecule has 2 aliphatic rings. The molecule has 1 fully saturated rings. The smallest absolute Gasteiger partial charge is 0.243 e. The Hall–Kier alpha value is -1.21. The predicted octanol–water partition coefficient (Wildman–Crippen LogP) is 2.15. The summed E-state index contributed by atoms with van der Waals surface area (Å²) in [7, 11) is -3.39. The van der Waals surface area contributed by atoms with E-state index < -0.39 is 10.0 Å². The molecule has 1 aromatic rings. The van der Waals surface area contributed by atoms with Crippen molar-refractivity contribution in [1.82, 2.24) is 9.62 Å². The molecule has 0 bridgehead atoms. The zero-order valence-corrected chi connectivity index (χ0v) is 14.8. The maximum absolute atomic E-state index is 12.6. The Balaban J connectivity index is 1.53. The lowest BCUT2D eigenvalue weighted by atomic mass is 9.94. The molecule has 0 aromatic heterocycles. The van der Waals surface area contributed by atoms with Crippen molar-refractivity contribution in [3.63, 3.8) is 0 Å². The van der Waals surface area contributed by atoms with Gasteiger partial charge in [-0.1, -0.05) is 24.3 Å². The summed E-state index contributed by atoms with van der Waals surface area (Å²) >= 11 is 0. The Morgan fingerprint density at radius 2 is 1.88 bits per heavy atom. The van der Waals surface area contributed by atoms with Gasteiger partial charge in [0.05, 0.1) is 18.1 Å². The number of sulfonamides is 1. The monoisotopic (exact) mass is 350 g/mol. The molecule has 1 heterocycles. The highest BCUT2D eigenvalue weighted by molar-refractivity contribution is 7.89. The molecular formula is C18H26N2O3S. The van der Waals surface area contributed by atoms with E-state index in [4.69, 9.17) is 4.74 Å². The van der Waals surface area contributed by atoms with Gasteiger partial charge in [-0.2, -0.15) is 4.31 Å². The van der Waals surface area contributed by atoms with Crippen LogP contribution in [-0.2, 0) is 21.3 Å². The molecule has 0 radical (unpaired) electrons. The maximum Gasteiger partial charge on any atom is 0.243 e. The lowest BCUT2D eigenvalue weighted by Crippen LogP contribution is -2.40. The Labute approximate surface area is 144 Å². The zero-order chi connectivity index (χ0) is 16.8. The number of nitrogens with zero attached hydrogens (tertiary/aromatic N) is 1. The molecule has 1 aliphatic carbocycles. The molecule has 1 saturated heterocycles. The predicted molar refractivity (Wildman–Crippen MR) is 94.2 cm³/mol. The highest BCUT2D eigenvalue weighted by Gasteiger charge is 2.26. The largest absolute Gasteiger partial charge is 0.379 e. The van der Waals surface area contributed by atoms with E-state index in [1.54, 1.807) is 12.1 Å². The van der Waals surface area contributed by atoms with E-state index in [-0.39, 0.29) is 0 Å². The molecule has 1 N–H and O–H groups in total. The summed E-state index contributed by atoms with van der Waals surface area (Å²) in [5, 5.41) is 3.48. The van der Waals surface area contributed by atoms with Gasteiger partial charge in [0, 0.05) is 19.6 Å². The molecule has 0 saturated carbocycles. The number of allylic oxidation sites excluding steroid dienone is 2. The minimum absolute atomic E-state index is 0.366. The van der Waals surface area contributed by atoms with Crippen LogP contribution in [0, 0.1) is 5.92 Å². The molecule has 6 heteroatoms. The molecule has 0 spiro atoms. The molecule has 3 rings (SSSR count). The van der Waals surface area contributed by atoms with Gasteiger partial charge in [0.2, 0.25) is 10.0 Å². The Morgan fingerprint density at radius 1 is 1.12 bits per heavy atom. The lowest BCUT2D eigenvalue weighted by molar-refractivity contribution is 0.0730.